The minimum absolute atomic E-state index is 0.106. The first kappa shape index (κ1) is 12.0. The highest BCUT2D eigenvalue weighted by Crippen LogP contribution is 2.20. The van der Waals surface area contributed by atoms with Gasteiger partial charge in [-0.25, -0.2) is 9.87 Å². The Bertz CT molecular complexity index is 414. The van der Waals surface area contributed by atoms with E-state index in [0.717, 1.165) is 25.7 Å². The van der Waals surface area contributed by atoms with Crippen LogP contribution in [-0.2, 0) is 4.84 Å². The Hall–Kier alpha value is -1.42. The van der Waals surface area contributed by atoms with Crippen molar-refractivity contribution in [1.82, 2.24) is 5.48 Å². The Morgan fingerprint density at radius 2 is 2.12 bits per heavy atom. The minimum Gasteiger partial charge on any atom is -0.270 e. The summed E-state index contributed by atoms with van der Waals surface area (Å²) >= 11 is 0. The van der Waals surface area contributed by atoms with Crippen molar-refractivity contribution in [2.24, 2.45) is 0 Å². The van der Waals surface area contributed by atoms with Crippen LogP contribution in [0.3, 0.4) is 0 Å². The van der Waals surface area contributed by atoms with E-state index in [1.54, 1.807) is 19.1 Å². The topological polar surface area (TPSA) is 38.3 Å². The maximum atomic E-state index is 13.3. The Morgan fingerprint density at radius 1 is 1.41 bits per heavy atom. The van der Waals surface area contributed by atoms with Crippen LogP contribution >= 0.6 is 0 Å². The second-order valence-electron chi connectivity index (χ2n) is 4.42. The van der Waals surface area contributed by atoms with E-state index in [0.29, 0.717) is 5.56 Å². The number of hydroxylamine groups is 1. The largest absolute Gasteiger partial charge is 0.274 e. The number of carbonyl (C=O) groups is 1. The zero-order chi connectivity index (χ0) is 12.3. The van der Waals surface area contributed by atoms with Crippen molar-refractivity contribution in [3.8, 4) is 0 Å². The first-order valence-corrected chi connectivity index (χ1v) is 5.89. The van der Waals surface area contributed by atoms with Crippen molar-refractivity contribution in [1.29, 1.82) is 0 Å². The molecule has 0 heterocycles. The van der Waals surface area contributed by atoms with Gasteiger partial charge in [0.25, 0.3) is 5.91 Å². The number of rotatable bonds is 3. The number of benzene rings is 1. The number of amides is 1. The average Bonchev–Trinajstić information content (AvgIpc) is 2.82. The highest BCUT2D eigenvalue weighted by atomic mass is 19.1. The third kappa shape index (κ3) is 3.03. The van der Waals surface area contributed by atoms with E-state index in [2.05, 4.69) is 5.48 Å². The van der Waals surface area contributed by atoms with Crippen LogP contribution in [0.25, 0.3) is 0 Å². The van der Waals surface area contributed by atoms with Crippen LogP contribution in [0.4, 0.5) is 4.39 Å². The zero-order valence-electron chi connectivity index (χ0n) is 9.83. The van der Waals surface area contributed by atoms with E-state index < -0.39 is 5.91 Å². The fourth-order valence-electron chi connectivity index (χ4n) is 1.94. The van der Waals surface area contributed by atoms with Crippen LogP contribution in [0.1, 0.15) is 41.6 Å². The Balaban J connectivity index is 1.92. The molecule has 1 aromatic carbocycles. The molecule has 1 N–H and O–H groups in total. The molecular formula is C13H16FNO2. The summed E-state index contributed by atoms with van der Waals surface area (Å²) < 4.78 is 13.3. The summed E-state index contributed by atoms with van der Waals surface area (Å²) in [6.45, 7) is 1.66. The molecule has 4 heteroatoms. The highest BCUT2D eigenvalue weighted by molar-refractivity contribution is 5.93. The van der Waals surface area contributed by atoms with Crippen molar-refractivity contribution in [3.63, 3.8) is 0 Å². The number of hydrogen-bond acceptors (Lipinski definition) is 2. The maximum absolute atomic E-state index is 13.3. The molecule has 1 amide bonds. The molecule has 1 fully saturated rings. The van der Waals surface area contributed by atoms with Crippen LogP contribution < -0.4 is 5.48 Å². The van der Waals surface area contributed by atoms with Crippen LogP contribution in [0.15, 0.2) is 18.2 Å². The van der Waals surface area contributed by atoms with Gasteiger partial charge in [0, 0.05) is 5.56 Å². The van der Waals surface area contributed by atoms with Gasteiger partial charge in [-0.15, -0.1) is 0 Å². The van der Waals surface area contributed by atoms with E-state index in [4.69, 9.17) is 4.84 Å². The predicted octanol–water partition coefficient (Wildman–Crippen LogP) is 2.74. The Morgan fingerprint density at radius 3 is 2.76 bits per heavy atom. The molecule has 3 nitrogen and oxygen atoms in total. The van der Waals surface area contributed by atoms with Crippen molar-refractivity contribution in [2.45, 2.75) is 38.7 Å². The monoisotopic (exact) mass is 237 g/mol. The molecule has 1 aromatic rings. The van der Waals surface area contributed by atoms with E-state index in [9.17, 15) is 9.18 Å². The number of hydrogen-bond donors (Lipinski definition) is 1. The third-order valence-electron chi connectivity index (χ3n) is 3.05. The summed E-state index contributed by atoms with van der Waals surface area (Å²) in [6.07, 6.45) is 4.33. The summed E-state index contributed by atoms with van der Waals surface area (Å²) in [5.41, 5.74) is 3.19. The molecule has 92 valence electrons. The normalized spacial score (nSPS) is 16.1. The Kier molecular flexibility index (Phi) is 3.74. The van der Waals surface area contributed by atoms with Crippen molar-refractivity contribution in [3.05, 3.63) is 35.1 Å². The van der Waals surface area contributed by atoms with Gasteiger partial charge in [0.05, 0.1) is 6.10 Å². The average molecular weight is 237 g/mol. The van der Waals surface area contributed by atoms with Gasteiger partial charge in [0.15, 0.2) is 0 Å². The summed E-state index contributed by atoms with van der Waals surface area (Å²) in [4.78, 5) is 16.9. The Labute approximate surface area is 99.9 Å². The van der Waals surface area contributed by atoms with Gasteiger partial charge in [-0.1, -0.05) is 18.9 Å². The highest BCUT2D eigenvalue weighted by Gasteiger charge is 2.17. The van der Waals surface area contributed by atoms with Crippen molar-refractivity contribution < 1.29 is 14.0 Å². The summed E-state index contributed by atoms with van der Waals surface area (Å²) in [6, 6.07) is 4.40. The van der Waals surface area contributed by atoms with Crippen LogP contribution in [0, 0.1) is 12.7 Å². The maximum Gasteiger partial charge on any atom is 0.274 e. The summed E-state index contributed by atoms with van der Waals surface area (Å²) in [7, 11) is 0. The van der Waals surface area contributed by atoms with E-state index in [1.165, 1.54) is 6.07 Å². The third-order valence-corrected chi connectivity index (χ3v) is 3.05. The van der Waals surface area contributed by atoms with Gasteiger partial charge in [0.2, 0.25) is 0 Å². The van der Waals surface area contributed by atoms with Crippen LogP contribution in [0.2, 0.25) is 0 Å². The zero-order valence-corrected chi connectivity index (χ0v) is 9.83. The van der Waals surface area contributed by atoms with Crippen molar-refractivity contribution in [2.75, 3.05) is 0 Å². The van der Waals surface area contributed by atoms with Gasteiger partial charge >= 0.3 is 0 Å². The molecule has 0 spiro atoms. The lowest BCUT2D eigenvalue weighted by Crippen LogP contribution is -2.28. The van der Waals surface area contributed by atoms with Crippen LogP contribution in [0.5, 0.6) is 0 Å². The predicted molar refractivity (Wildman–Crippen MR) is 61.9 cm³/mol. The molecule has 1 saturated carbocycles. The molecule has 0 aromatic heterocycles. The number of halogens is 1. The van der Waals surface area contributed by atoms with E-state index in [-0.39, 0.29) is 17.5 Å². The smallest absolute Gasteiger partial charge is 0.270 e. The molecule has 0 radical (unpaired) electrons. The summed E-state index contributed by atoms with van der Waals surface area (Å²) in [5.74, 6) is -0.769. The van der Waals surface area contributed by atoms with Crippen LogP contribution in [-0.4, -0.2) is 12.0 Å². The number of aryl methyl sites for hydroxylation is 1. The molecule has 0 saturated heterocycles. The van der Waals surface area contributed by atoms with Gasteiger partial charge in [-0.2, -0.15) is 0 Å². The lowest BCUT2D eigenvalue weighted by Gasteiger charge is -2.11. The fraction of sp³-hybridized carbons (Fsp3) is 0.462. The lowest BCUT2D eigenvalue weighted by molar-refractivity contribution is -0.0125. The van der Waals surface area contributed by atoms with E-state index >= 15 is 0 Å². The second-order valence-corrected chi connectivity index (χ2v) is 4.42. The van der Waals surface area contributed by atoms with Gasteiger partial charge in [-0.05, 0) is 37.5 Å². The molecule has 17 heavy (non-hydrogen) atoms. The molecule has 0 aliphatic heterocycles. The SMILES string of the molecule is Cc1ccc(C(=O)NOC2CCCC2)cc1F. The molecule has 0 atom stereocenters. The quantitative estimate of drug-likeness (QED) is 0.821. The molecular weight excluding hydrogens is 221 g/mol. The first-order chi connectivity index (χ1) is 8.16. The molecule has 0 unspecified atom stereocenters. The lowest BCUT2D eigenvalue weighted by atomic mass is 10.1. The number of carbonyl (C=O) groups excluding carboxylic acids is 1. The van der Waals surface area contributed by atoms with Crippen molar-refractivity contribution >= 4 is 5.91 Å². The van der Waals surface area contributed by atoms with Gasteiger partial charge in [-0.3, -0.25) is 9.63 Å². The number of nitrogens with one attached hydrogen (secondary N) is 1. The molecule has 1 aliphatic rings. The minimum atomic E-state index is -0.393. The standard InChI is InChI=1S/C13H16FNO2/c1-9-6-7-10(8-12(9)14)13(16)15-17-11-4-2-3-5-11/h6-8,11H,2-5H2,1H3,(H,15,16). The fourth-order valence-corrected chi connectivity index (χ4v) is 1.94. The van der Waals surface area contributed by atoms with Gasteiger partial charge in [0.1, 0.15) is 5.82 Å². The molecule has 2 rings (SSSR count). The summed E-state index contributed by atoms with van der Waals surface area (Å²) in [5, 5.41) is 0. The van der Waals surface area contributed by atoms with Gasteiger partial charge < -0.3 is 0 Å². The first-order valence-electron chi connectivity index (χ1n) is 5.89. The molecule has 0 bridgehead atoms. The second kappa shape index (κ2) is 5.27. The van der Waals surface area contributed by atoms with E-state index in [1.807, 2.05) is 0 Å². The molecule has 1 aliphatic carbocycles.